The minimum atomic E-state index is 1.04. The lowest BCUT2D eigenvalue weighted by molar-refractivity contribution is 0.452. The second-order valence-corrected chi connectivity index (χ2v) is 4.01. The van der Waals surface area contributed by atoms with Gasteiger partial charge in [0.05, 0.1) is 0 Å². The van der Waals surface area contributed by atoms with Crippen molar-refractivity contribution in [2.45, 2.75) is 51.9 Å². The van der Waals surface area contributed by atoms with Crippen LogP contribution in [0.25, 0.3) is 0 Å². The molecule has 1 aromatic heterocycles. The van der Waals surface area contributed by atoms with Crippen molar-refractivity contribution in [3.05, 3.63) is 36.3 Å². The van der Waals surface area contributed by atoms with Crippen molar-refractivity contribution in [2.75, 3.05) is 0 Å². The van der Waals surface area contributed by atoms with Gasteiger partial charge in [0.2, 0.25) is 0 Å². The zero-order valence-corrected chi connectivity index (χ0v) is 9.80. The molecular weight excluding hydrogens is 184 g/mol. The highest BCUT2D eigenvalue weighted by Crippen LogP contribution is 2.13. The summed E-state index contributed by atoms with van der Waals surface area (Å²) in [6, 6.07) is 4.24. The molecule has 0 saturated carbocycles. The van der Waals surface area contributed by atoms with E-state index in [-0.39, 0.29) is 0 Å². The van der Waals surface area contributed by atoms with Gasteiger partial charge in [0.1, 0.15) is 11.5 Å². The average Bonchev–Trinajstić information content (AvgIpc) is 2.67. The first kappa shape index (κ1) is 12.1. The molecule has 84 valence electrons. The van der Waals surface area contributed by atoms with Crippen molar-refractivity contribution in [3.63, 3.8) is 0 Å². The Labute approximate surface area is 93.2 Å². The molecule has 15 heavy (non-hydrogen) atoms. The molecule has 0 aliphatic rings. The lowest BCUT2D eigenvalue weighted by atomic mass is 10.2. The molecule has 1 heterocycles. The van der Waals surface area contributed by atoms with Gasteiger partial charge in [0.25, 0.3) is 0 Å². The van der Waals surface area contributed by atoms with E-state index in [1.165, 1.54) is 19.3 Å². The quantitative estimate of drug-likeness (QED) is 0.450. The lowest BCUT2D eigenvalue weighted by Gasteiger charge is -1.96. The Morgan fingerprint density at radius 2 is 1.80 bits per heavy atom. The molecule has 0 fully saturated rings. The fourth-order valence-corrected chi connectivity index (χ4v) is 1.66. The zero-order valence-electron chi connectivity index (χ0n) is 9.80. The van der Waals surface area contributed by atoms with Crippen LogP contribution in [0.3, 0.4) is 0 Å². The molecule has 1 heteroatoms. The van der Waals surface area contributed by atoms with E-state index < -0.39 is 0 Å². The number of hydrogen-bond acceptors (Lipinski definition) is 1. The summed E-state index contributed by atoms with van der Waals surface area (Å²) in [5.74, 6) is 2.28. The molecular formula is C14H22O. The third-order valence-corrected chi connectivity index (χ3v) is 2.58. The highest BCUT2D eigenvalue weighted by molar-refractivity contribution is 5.07. The van der Waals surface area contributed by atoms with Gasteiger partial charge < -0.3 is 4.42 Å². The normalized spacial score (nSPS) is 10.5. The zero-order chi connectivity index (χ0) is 10.9. The summed E-state index contributed by atoms with van der Waals surface area (Å²) in [5, 5.41) is 0. The molecule has 0 unspecified atom stereocenters. The summed E-state index contributed by atoms with van der Waals surface area (Å²) in [6.45, 7) is 5.94. The van der Waals surface area contributed by atoms with E-state index in [0.717, 1.165) is 37.2 Å². The summed E-state index contributed by atoms with van der Waals surface area (Å²) >= 11 is 0. The predicted molar refractivity (Wildman–Crippen MR) is 65.1 cm³/mol. The van der Waals surface area contributed by atoms with Gasteiger partial charge in [-0.3, -0.25) is 0 Å². The van der Waals surface area contributed by atoms with Crippen molar-refractivity contribution in [3.8, 4) is 0 Å². The summed E-state index contributed by atoms with van der Waals surface area (Å²) in [4.78, 5) is 0. The largest absolute Gasteiger partial charge is 0.466 e. The molecule has 0 amide bonds. The standard InChI is InChI=1S/C14H22O/c1-3-5-7-9-13-11-12-14(15-13)10-8-6-4-2/h3,11-12H,1,4-10H2,2H3. The fraction of sp³-hybridized carbons (Fsp3) is 0.571. The van der Waals surface area contributed by atoms with Crippen LogP contribution in [0.5, 0.6) is 0 Å². The molecule has 0 radical (unpaired) electrons. The van der Waals surface area contributed by atoms with Gasteiger partial charge in [-0.05, 0) is 31.4 Å². The minimum Gasteiger partial charge on any atom is -0.466 e. The van der Waals surface area contributed by atoms with Gasteiger partial charge in [-0.15, -0.1) is 6.58 Å². The Morgan fingerprint density at radius 1 is 1.13 bits per heavy atom. The molecule has 0 aromatic carbocycles. The maximum Gasteiger partial charge on any atom is 0.104 e. The third kappa shape index (κ3) is 4.87. The van der Waals surface area contributed by atoms with E-state index in [1.54, 1.807) is 0 Å². The van der Waals surface area contributed by atoms with E-state index in [2.05, 4.69) is 25.6 Å². The second kappa shape index (κ2) is 7.33. The Hall–Kier alpha value is -0.980. The van der Waals surface area contributed by atoms with E-state index in [1.807, 2.05) is 6.08 Å². The molecule has 0 N–H and O–H groups in total. The van der Waals surface area contributed by atoms with Crippen LogP contribution in [-0.4, -0.2) is 0 Å². The van der Waals surface area contributed by atoms with Gasteiger partial charge in [0, 0.05) is 12.8 Å². The Balaban J connectivity index is 2.25. The van der Waals surface area contributed by atoms with Crippen LogP contribution in [0.15, 0.2) is 29.2 Å². The maximum absolute atomic E-state index is 5.74. The fourth-order valence-electron chi connectivity index (χ4n) is 1.66. The smallest absolute Gasteiger partial charge is 0.104 e. The van der Waals surface area contributed by atoms with E-state index in [4.69, 9.17) is 4.42 Å². The van der Waals surface area contributed by atoms with Crippen LogP contribution in [0, 0.1) is 0 Å². The topological polar surface area (TPSA) is 13.1 Å². The van der Waals surface area contributed by atoms with Crippen LogP contribution in [0.4, 0.5) is 0 Å². The summed E-state index contributed by atoms with van der Waals surface area (Å²) in [6.07, 6.45) is 10.1. The van der Waals surface area contributed by atoms with Gasteiger partial charge >= 0.3 is 0 Å². The average molecular weight is 206 g/mol. The Kier molecular flexibility index (Phi) is 5.91. The highest BCUT2D eigenvalue weighted by atomic mass is 16.3. The summed E-state index contributed by atoms with van der Waals surface area (Å²) in [5.41, 5.74) is 0. The molecule has 0 aliphatic heterocycles. The molecule has 1 nitrogen and oxygen atoms in total. The molecule has 1 rings (SSSR count). The van der Waals surface area contributed by atoms with E-state index in [0.29, 0.717) is 0 Å². The van der Waals surface area contributed by atoms with E-state index in [9.17, 15) is 0 Å². The van der Waals surface area contributed by atoms with Crippen LogP contribution >= 0.6 is 0 Å². The maximum atomic E-state index is 5.74. The van der Waals surface area contributed by atoms with Gasteiger partial charge in [-0.25, -0.2) is 0 Å². The molecule has 0 atom stereocenters. The molecule has 0 saturated heterocycles. The van der Waals surface area contributed by atoms with Gasteiger partial charge in [-0.2, -0.15) is 0 Å². The number of allylic oxidation sites excluding steroid dienone is 1. The monoisotopic (exact) mass is 206 g/mol. The van der Waals surface area contributed by atoms with Crippen LogP contribution in [0.2, 0.25) is 0 Å². The molecule has 1 aromatic rings. The number of furan rings is 1. The van der Waals surface area contributed by atoms with Crippen molar-refractivity contribution in [1.29, 1.82) is 0 Å². The van der Waals surface area contributed by atoms with Crippen LogP contribution in [0.1, 0.15) is 50.5 Å². The highest BCUT2D eigenvalue weighted by Gasteiger charge is 2.01. The summed E-state index contributed by atoms with van der Waals surface area (Å²) in [7, 11) is 0. The van der Waals surface area contributed by atoms with E-state index >= 15 is 0 Å². The Bertz CT molecular complexity index is 273. The van der Waals surface area contributed by atoms with Gasteiger partial charge in [0.15, 0.2) is 0 Å². The predicted octanol–water partition coefficient (Wildman–Crippen LogP) is 4.52. The third-order valence-electron chi connectivity index (χ3n) is 2.58. The minimum absolute atomic E-state index is 1.04. The first-order valence-electron chi connectivity index (χ1n) is 6.05. The first-order chi connectivity index (χ1) is 7.36. The van der Waals surface area contributed by atoms with Crippen molar-refractivity contribution in [2.24, 2.45) is 0 Å². The number of aryl methyl sites for hydroxylation is 2. The van der Waals surface area contributed by atoms with Crippen molar-refractivity contribution < 1.29 is 4.42 Å². The van der Waals surface area contributed by atoms with Crippen LogP contribution < -0.4 is 0 Å². The Morgan fingerprint density at radius 3 is 2.40 bits per heavy atom. The number of unbranched alkanes of at least 4 members (excludes halogenated alkanes) is 3. The van der Waals surface area contributed by atoms with Crippen LogP contribution in [-0.2, 0) is 12.8 Å². The second-order valence-electron chi connectivity index (χ2n) is 4.01. The first-order valence-corrected chi connectivity index (χ1v) is 6.05. The lowest BCUT2D eigenvalue weighted by Crippen LogP contribution is -1.82. The number of rotatable bonds is 8. The van der Waals surface area contributed by atoms with Crippen molar-refractivity contribution >= 4 is 0 Å². The molecule has 0 bridgehead atoms. The summed E-state index contributed by atoms with van der Waals surface area (Å²) < 4.78 is 5.74. The SMILES string of the molecule is C=CCCCc1ccc(CCCCC)o1. The number of hydrogen-bond donors (Lipinski definition) is 0. The molecule has 0 spiro atoms. The molecule has 0 aliphatic carbocycles. The van der Waals surface area contributed by atoms with Gasteiger partial charge in [-0.1, -0.05) is 25.8 Å². The van der Waals surface area contributed by atoms with Crippen molar-refractivity contribution in [1.82, 2.24) is 0 Å².